The molecule has 0 aliphatic carbocycles. The van der Waals surface area contributed by atoms with Crippen molar-refractivity contribution in [2.75, 3.05) is 34.0 Å². The number of fused-ring (bicyclic) bond motifs is 2. The first kappa shape index (κ1) is 22.7. The van der Waals surface area contributed by atoms with Gasteiger partial charge in [-0.3, -0.25) is 9.59 Å². The van der Waals surface area contributed by atoms with Crippen molar-refractivity contribution < 1.29 is 23.7 Å². The minimum atomic E-state index is -0.321. The fourth-order valence-electron chi connectivity index (χ4n) is 3.70. The summed E-state index contributed by atoms with van der Waals surface area (Å²) in [5, 5.41) is 0.777. The molecule has 33 heavy (non-hydrogen) atoms. The molecule has 1 aliphatic heterocycles. The van der Waals surface area contributed by atoms with E-state index in [1.165, 1.54) is 14.2 Å². The van der Waals surface area contributed by atoms with Crippen LogP contribution in [-0.4, -0.2) is 54.8 Å². The minimum Gasteiger partial charge on any atom is -0.493 e. The zero-order valence-electron chi connectivity index (χ0n) is 18.6. The van der Waals surface area contributed by atoms with Crippen LogP contribution in [0, 0.1) is 0 Å². The van der Waals surface area contributed by atoms with E-state index in [9.17, 15) is 9.59 Å². The van der Waals surface area contributed by atoms with Crippen LogP contribution in [0.5, 0.6) is 23.0 Å². The van der Waals surface area contributed by atoms with Crippen LogP contribution in [0.15, 0.2) is 29.1 Å². The normalized spacial score (nSPS) is 12.5. The van der Waals surface area contributed by atoms with Crippen molar-refractivity contribution in [3.05, 3.63) is 51.0 Å². The number of ether oxygens (including phenoxy) is 4. The number of carbonyl (C=O) groups is 1. The number of carbonyl (C=O) groups excluding carboxylic acids is 1. The molecule has 1 aromatic heterocycles. The molecule has 0 saturated carbocycles. The Morgan fingerprint density at radius 1 is 1.15 bits per heavy atom. The van der Waals surface area contributed by atoms with Gasteiger partial charge in [0, 0.05) is 12.6 Å². The molecule has 0 radical (unpaired) electrons. The lowest BCUT2D eigenvalue weighted by Gasteiger charge is -2.22. The third-order valence-electron chi connectivity index (χ3n) is 5.35. The molecule has 10 heteroatoms. The van der Waals surface area contributed by atoms with Crippen LogP contribution in [0.1, 0.15) is 18.3 Å². The number of halogens is 1. The van der Waals surface area contributed by atoms with Gasteiger partial charge < -0.3 is 28.8 Å². The molecule has 0 saturated heterocycles. The summed E-state index contributed by atoms with van der Waals surface area (Å²) < 4.78 is 21.7. The van der Waals surface area contributed by atoms with E-state index < -0.39 is 0 Å². The fraction of sp³-hybridized carbons (Fsp3) is 0.348. The summed E-state index contributed by atoms with van der Waals surface area (Å²) in [6, 6.07) is 6.69. The van der Waals surface area contributed by atoms with E-state index >= 15 is 0 Å². The van der Waals surface area contributed by atoms with Gasteiger partial charge in [0.1, 0.15) is 19.0 Å². The van der Waals surface area contributed by atoms with Crippen molar-refractivity contribution in [2.45, 2.75) is 19.9 Å². The van der Waals surface area contributed by atoms with Gasteiger partial charge in [-0.1, -0.05) is 11.6 Å². The molecular formula is C23H24ClN3O6. The molecule has 0 unspecified atom stereocenters. The summed E-state index contributed by atoms with van der Waals surface area (Å²) in [6.07, 6.45) is 0.118. The van der Waals surface area contributed by atoms with Crippen LogP contribution in [0.4, 0.5) is 0 Å². The second-order valence-electron chi connectivity index (χ2n) is 7.42. The van der Waals surface area contributed by atoms with Crippen molar-refractivity contribution in [1.82, 2.24) is 14.9 Å². The van der Waals surface area contributed by atoms with Gasteiger partial charge >= 0.3 is 0 Å². The first-order valence-electron chi connectivity index (χ1n) is 10.4. The van der Waals surface area contributed by atoms with E-state index in [1.807, 2.05) is 6.92 Å². The Balaban J connectivity index is 1.56. The number of amides is 1. The minimum absolute atomic E-state index is 0.118. The monoisotopic (exact) mass is 473 g/mol. The average molecular weight is 474 g/mol. The Labute approximate surface area is 195 Å². The maximum absolute atomic E-state index is 13.0. The SMILES string of the molecule is CCN(Cc1nc2cc(OC)c(OC)cc2c(=O)[nH]1)C(=O)Cc1cc(Cl)c2c(c1)OCCO2. The number of benzene rings is 2. The molecule has 0 fully saturated rings. The van der Waals surface area contributed by atoms with Gasteiger partial charge in [-0.15, -0.1) is 0 Å². The number of nitrogens with one attached hydrogen (secondary N) is 1. The lowest BCUT2D eigenvalue weighted by molar-refractivity contribution is -0.131. The predicted octanol–water partition coefficient (Wildman–Crippen LogP) is 2.96. The number of hydrogen-bond donors (Lipinski definition) is 1. The summed E-state index contributed by atoms with van der Waals surface area (Å²) in [6.45, 7) is 3.31. The number of likely N-dealkylation sites (N-methyl/N-ethyl adjacent to an activating group) is 1. The van der Waals surface area contributed by atoms with Crippen molar-refractivity contribution in [3.63, 3.8) is 0 Å². The zero-order valence-corrected chi connectivity index (χ0v) is 19.3. The molecule has 9 nitrogen and oxygen atoms in total. The maximum atomic E-state index is 13.0. The highest BCUT2D eigenvalue weighted by Crippen LogP contribution is 2.38. The highest BCUT2D eigenvalue weighted by Gasteiger charge is 2.20. The molecule has 0 spiro atoms. The Morgan fingerprint density at radius 2 is 1.88 bits per heavy atom. The van der Waals surface area contributed by atoms with Crippen molar-refractivity contribution >= 4 is 28.4 Å². The molecule has 4 rings (SSSR count). The van der Waals surface area contributed by atoms with E-state index in [2.05, 4.69) is 9.97 Å². The number of nitrogens with zero attached hydrogens (tertiary/aromatic N) is 2. The standard InChI is InChI=1S/C23H24ClN3O6/c1-4-27(21(28)9-13-7-15(24)22-19(8-13)32-5-6-33-22)12-20-25-16-11-18(31-3)17(30-2)10-14(16)23(29)26-20/h7-8,10-11H,4-6,9,12H2,1-3H3,(H,25,26,29). The lowest BCUT2D eigenvalue weighted by atomic mass is 10.1. The molecule has 0 bridgehead atoms. The number of aromatic nitrogens is 2. The molecule has 174 valence electrons. The Kier molecular flexibility index (Phi) is 6.60. The molecular weight excluding hydrogens is 450 g/mol. The first-order valence-corrected chi connectivity index (χ1v) is 10.8. The van der Waals surface area contributed by atoms with Gasteiger partial charge in [0.2, 0.25) is 5.91 Å². The van der Waals surface area contributed by atoms with Crippen molar-refractivity contribution in [3.8, 4) is 23.0 Å². The van der Waals surface area contributed by atoms with Crippen LogP contribution in [-0.2, 0) is 17.8 Å². The van der Waals surface area contributed by atoms with E-state index in [4.69, 9.17) is 30.5 Å². The van der Waals surface area contributed by atoms with Crippen LogP contribution in [0.3, 0.4) is 0 Å². The zero-order chi connectivity index (χ0) is 23.5. The largest absolute Gasteiger partial charge is 0.493 e. The molecule has 1 amide bonds. The van der Waals surface area contributed by atoms with Gasteiger partial charge in [0.25, 0.3) is 5.56 Å². The lowest BCUT2D eigenvalue weighted by Crippen LogP contribution is -2.33. The van der Waals surface area contributed by atoms with Gasteiger partial charge in [0.05, 0.1) is 43.1 Å². The highest BCUT2D eigenvalue weighted by atomic mass is 35.5. The highest BCUT2D eigenvalue weighted by molar-refractivity contribution is 6.32. The van der Waals surface area contributed by atoms with E-state index in [0.29, 0.717) is 70.1 Å². The second-order valence-corrected chi connectivity index (χ2v) is 7.83. The number of rotatable bonds is 7. The Hall–Kier alpha value is -3.46. The molecule has 1 N–H and O–H groups in total. The molecule has 1 aliphatic rings. The van der Waals surface area contributed by atoms with Crippen LogP contribution in [0.25, 0.3) is 10.9 Å². The second kappa shape index (κ2) is 9.58. The van der Waals surface area contributed by atoms with E-state index in [0.717, 1.165) is 0 Å². The third kappa shape index (κ3) is 4.68. The van der Waals surface area contributed by atoms with E-state index in [1.54, 1.807) is 29.2 Å². The van der Waals surface area contributed by atoms with Gasteiger partial charge in [-0.05, 0) is 30.7 Å². The smallest absolute Gasteiger partial charge is 0.258 e. The average Bonchev–Trinajstić information content (AvgIpc) is 2.81. The predicted molar refractivity (Wildman–Crippen MR) is 123 cm³/mol. The Bertz CT molecular complexity index is 1260. The molecule has 2 aromatic carbocycles. The summed E-state index contributed by atoms with van der Waals surface area (Å²) in [5.41, 5.74) is 0.844. The summed E-state index contributed by atoms with van der Waals surface area (Å²) in [7, 11) is 3.01. The third-order valence-corrected chi connectivity index (χ3v) is 5.63. The van der Waals surface area contributed by atoms with Crippen LogP contribution in [0.2, 0.25) is 5.02 Å². The van der Waals surface area contributed by atoms with E-state index in [-0.39, 0.29) is 24.4 Å². The quantitative estimate of drug-likeness (QED) is 0.562. The number of aromatic amines is 1. The topological polar surface area (TPSA) is 103 Å². The Morgan fingerprint density at radius 3 is 2.61 bits per heavy atom. The molecule has 3 aromatic rings. The number of methoxy groups -OCH3 is 2. The van der Waals surface area contributed by atoms with Crippen LogP contribution >= 0.6 is 11.6 Å². The number of hydrogen-bond acceptors (Lipinski definition) is 7. The van der Waals surface area contributed by atoms with Gasteiger partial charge in [0.15, 0.2) is 23.0 Å². The molecule has 2 heterocycles. The maximum Gasteiger partial charge on any atom is 0.258 e. The summed E-state index contributed by atoms with van der Waals surface area (Å²) >= 11 is 6.29. The van der Waals surface area contributed by atoms with Gasteiger partial charge in [-0.25, -0.2) is 4.98 Å². The van der Waals surface area contributed by atoms with Crippen molar-refractivity contribution in [2.24, 2.45) is 0 Å². The van der Waals surface area contributed by atoms with Gasteiger partial charge in [-0.2, -0.15) is 0 Å². The first-order chi connectivity index (χ1) is 15.9. The summed E-state index contributed by atoms with van der Waals surface area (Å²) in [4.78, 5) is 34.5. The van der Waals surface area contributed by atoms with Crippen molar-refractivity contribution in [1.29, 1.82) is 0 Å². The molecule has 0 atom stereocenters. The van der Waals surface area contributed by atoms with Crippen LogP contribution < -0.4 is 24.5 Å². The fourth-order valence-corrected chi connectivity index (χ4v) is 3.99. The number of H-pyrrole nitrogens is 1. The summed E-state index contributed by atoms with van der Waals surface area (Å²) in [5.74, 6) is 2.16.